The van der Waals surface area contributed by atoms with Crippen molar-refractivity contribution in [2.45, 2.75) is 12.8 Å². The summed E-state index contributed by atoms with van der Waals surface area (Å²) in [6.07, 6.45) is 2.55. The summed E-state index contributed by atoms with van der Waals surface area (Å²) in [4.78, 5) is 2.44. The first-order valence-electron chi connectivity index (χ1n) is 6.65. The van der Waals surface area contributed by atoms with E-state index in [9.17, 15) is 0 Å². The van der Waals surface area contributed by atoms with Gasteiger partial charge in [-0.25, -0.2) is 0 Å². The van der Waals surface area contributed by atoms with E-state index in [1.807, 2.05) is 12.1 Å². The van der Waals surface area contributed by atoms with Gasteiger partial charge in [0.05, 0.1) is 10.0 Å². The summed E-state index contributed by atoms with van der Waals surface area (Å²) in [6.45, 7) is 4.64. The van der Waals surface area contributed by atoms with Crippen molar-refractivity contribution in [3.8, 4) is 0 Å². The average Bonchev–Trinajstić information content (AvgIpc) is 2.72. The quantitative estimate of drug-likeness (QED) is 0.850. The zero-order valence-corrected chi connectivity index (χ0v) is 11.8. The molecule has 2 aliphatic heterocycles. The second kappa shape index (κ2) is 5.28. The Morgan fingerprint density at radius 3 is 2.28 bits per heavy atom. The predicted molar refractivity (Wildman–Crippen MR) is 77.8 cm³/mol. The number of rotatable bonds is 1. The van der Waals surface area contributed by atoms with Crippen LogP contribution in [0.2, 0.25) is 10.0 Å². The Hall–Kier alpha value is -0.440. The lowest BCUT2D eigenvalue weighted by Crippen LogP contribution is -2.25. The molecule has 0 saturated carbocycles. The lowest BCUT2D eigenvalue weighted by molar-refractivity contribution is 0.409. The molecule has 0 amide bonds. The van der Waals surface area contributed by atoms with Crippen LogP contribution in [0.1, 0.15) is 12.8 Å². The third-order valence-electron chi connectivity index (χ3n) is 4.29. The normalized spacial score (nSPS) is 28.0. The number of benzene rings is 1. The van der Waals surface area contributed by atoms with E-state index in [4.69, 9.17) is 23.2 Å². The highest BCUT2D eigenvalue weighted by Gasteiger charge is 2.30. The van der Waals surface area contributed by atoms with Gasteiger partial charge in [0.1, 0.15) is 0 Å². The fourth-order valence-corrected chi connectivity index (χ4v) is 3.45. The molecule has 1 aromatic rings. The Balaban J connectivity index is 1.74. The maximum Gasteiger partial charge on any atom is 0.0612 e. The van der Waals surface area contributed by atoms with E-state index in [1.165, 1.54) is 31.6 Å². The van der Waals surface area contributed by atoms with Crippen LogP contribution >= 0.6 is 23.2 Å². The van der Waals surface area contributed by atoms with E-state index >= 15 is 0 Å². The first-order chi connectivity index (χ1) is 8.74. The van der Waals surface area contributed by atoms with Gasteiger partial charge in [-0.2, -0.15) is 0 Å². The van der Waals surface area contributed by atoms with Crippen molar-refractivity contribution < 1.29 is 0 Å². The van der Waals surface area contributed by atoms with Crippen LogP contribution in [0.15, 0.2) is 18.2 Å². The first-order valence-corrected chi connectivity index (χ1v) is 7.40. The Morgan fingerprint density at radius 2 is 1.67 bits per heavy atom. The highest BCUT2D eigenvalue weighted by molar-refractivity contribution is 6.42. The molecular weight excluding hydrogens is 267 g/mol. The Morgan fingerprint density at radius 1 is 1.00 bits per heavy atom. The lowest BCUT2D eigenvalue weighted by atomic mass is 9.92. The van der Waals surface area contributed by atoms with Gasteiger partial charge in [-0.1, -0.05) is 23.2 Å². The lowest BCUT2D eigenvalue weighted by Gasteiger charge is -2.23. The minimum Gasteiger partial charge on any atom is -0.371 e. The molecule has 1 N–H and O–H groups in total. The fourth-order valence-electron chi connectivity index (χ4n) is 3.16. The molecule has 0 aromatic heterocycles. The van der Waals surface area contributed by atoms with E-state index in [0.29, 0.717) is 10.0 Å². The second-order valence-corrected chi connectivity index (χ2v) is 6.16. The van der Waals surface area contributed by atoms with Gasteiger partial charge in [-0.05, 0) is 56.0 Å². The summed E-state index contributed by atoms with van der Waals surface area (Å²) < 4.78 is 0. The van der Waals surface area contributed by atoms with Gasteiger partial charge in [-0.15, -0.1) is 0 Å². The zero-order chi connectivity index (χ0) is 12.5. The smallest absolute Gasteiger partial charge is 0.0612 e. The van der Waals surface area contributed by atoms with Crippen LogP contribution in [-0.4, -0.2) is 26.2 Å². The van der Waals surface area contributed by atoms with Crippen LogP contribution in [0.3, 0.4) is 0 Å². The van der Waals surface area contributed by atoms with Crippen molar-refractivity contribution >= 4 is 28.9 Å². The minimum atomic E-state index is 0.635. The average molecular weight is 285 g/mol. The molecule has 0 spiro atoms. The highest BCUT2D eigenvalue weighted by Crippen LogP contribution is 2.32. The third-order valence-corrected chi connectivity index (χ3v) is 5.03. The third kappa shape index (κ3) is 2.47. The van der Waals surface area contributed by atoms with E-state index in [2.05, 4.69) is 16.3 Å². The molecule has 3 rings (SSSR count). The fraction of sp³-hybridized carbons (Fsp3) is 0.571. The van der Waals surface area contributed by atoms with Crippen molar-refractivity contribution in [3.05, 3.63) is 28.2 Å². The van der Waals surface area contributed by atoms with Gasteiger partial charge in [0.25, 0.3) is 0 Å². The summed E-state index contributed by atoms with van der Waals surface area (Å²) in [5, 5.41) is 4.79. The maximum atomic E-state index is 6.10. The van der Waals surface area contributed by atoms with E-state index < -0.39 is 0 Å². The van der Waals surface area contributed by atoms with Gasteiger partial charge in [0.2, 0.25) is 0 Å². The molecule has 1 aromatic carbocycles. The van der Waals surface area contributed by atoms with Crippen molar-refractivity contribution in [1.29, 1.82) is 0 Å². The molecule has 4 heteroatoms. The van der Waals surface area contributed by atoms with Crippen LogP contribution in [0, 0.1) is 11.8 Å². The van der Waals surface area contributed by atoms with Crippen LogP contribution < -0.4 is 10.2 Å². The van der Waals surface area contributed by atoms with Crippen LogP contribution in [0.4, 0.5) is 5.69 Å². The molecule has 0 bridgehead atoms. The standard InChI is InChI=1S/C14H18Cl2N2/c15-13-2-1-12(7-14(13)16)18-5-3-10-8-17-9-11(10)4-6-18/h1-2,7,10-11,17H,3-6,8-9H2. The molecule has 2 aliphatic rings. The summed E-state index contributed by atoms with van der Waals surface area (Å²) in [7, 11) is 0. The van der Waals surface area contributed by atoms with Gasteiger partial charge in [-0.3, -0.25) is 0 Å². The second-order valence-electron chi connectivity index (χ2n) is 5.34. The topological polar surface area (TPSA) is 15.3 Å². The van der Waals surface area contributed by atoms with E-state index in [-0.39, 0.29) is 0 Å². The van der Waals surface area contributed by atoms with E-state index in [0.717, 1.165) is 24.9 Å². The number of nitrogens with one attached hydrogen (secondary N) is 1. The summed E-state index contributed by atoms with van der Waals surface area (Å²) >= 11 is 12.1. The predicted octanol–water partition coefficient (Wildman–Crippen LogP) is 3.43. The van der Waals surface area contributed by atoms with E-state index in [1.54, 1.807) is 0 Å². The molecule has 2 fully saturated rings. The van der Waals surface area contributed by atoms with Crippen LogP contribution in [0.25, 0.3) is 0 Å². The summed E-state index contributed by atoms with van der Waals surface area (Å²) in [5.74, 6) is 1.72. The molecule has 2 saturated heterocycles. The Bertz CT molecular complexity index is 422. The number of anilines is 1. The number of nitrogens with zero attached hydrogens (tertiary/aromatic N) is 1. The molecule has 98 valence electrons. The first kappa shape index (κ1) is 12.6. The SMILES string of the molecule is Clc1ccc(N2CCC3CNCC3CC2)cc1Cl. The monoisotopic (exact) mass is 284 g/mol. The molecule has 2 unspecified atom stereocenters. The maximum absolute atomic E-state index is 6.10. The highest BCUT2D eigenvalue weighted by atomic mass is 35.5. The minimum absolute atomic E-state index is 0.635. The number of hydrogen-bond acceptors (Lipinski definition) is 2. The Labute approximate surface area is 118 Å². The molecule has 0 aliphatic carbocycles. The van der Waals surface area contributed by atoms with Gasteiger partial charge in [0.15, 0.2) is 0 Å². The molecule has 2 heterocycles. The Kier molecular flexibility index (Phi) is 3.69. The van der Waals surface area contributed by atoms with Crippen molar-refractivity contribution in [2.24, 2.45) is 11.8 Å². The van der Waals surface area contributed by atoms with Gasteiger partial charge < -0.3 is 10.2 Å². The van der Waals surface area contributed by atoms with Crippen molar-refractivity contribution in [2.75, 3.05) is 31.1 Å². The molecule has 18 heavy (non-hydrogen) atoms. The largest absolute Gasteiger partial charge is 0.371 e. The molecule has 0 radical (unpaired) electrons. The van der Waals surface area contributed by atoms with Gasteiger partial charge >= 0.3 is 0 Å². The zero-order valence-electron chi connectivity index (χ0n) is 10.3. The van der Waals surface area contributed by atoms with Crippen molar-refractivity contribution in [3.63, 3.8) is 0 Å². The summed E-state index contributed by atoms with van der Waals surface area (Å²) in [5.41, 5.74) is 1.21. The van der Waals surface area contributed by atoms with Gasteiger partial charge in [0, 0.05) is 18.8 Å². The van der Waals surface area contributed by atoms with Crippen LogP contribution in [-0.2, 0) is 0 Å². The summed E-state index contributed by atoms with van der Waals surface area (Å²) in [6, 6.07) is 5.96. The van der Waals surface area contributed by atoms with Crippen molar-refractivity contribution in [1.82, 2.24) is 5.32 Å². The number of fused-ring (bicyclic) bond motifs is 1. The number of halogens is 2. The molecule has 2 atom stereocenters. The van der Waals surface area contributed by atoms with Crippen LogP contribution in [0.5, 0.6) is 0 Å². The molecule has 2 nitrogen and oxygen atoms in total. The molecular formula is C14H18Cl2N2. The number of hydrogen-bond donors (Lipinski definition) is 1.